The lowest BCUT2D eigenvalue weighted by Gasteiger charge is -2.35. The molecule has 82 heavy (non-hydrogen) atoms. The van der Waals surface area contributed by atoms with Gasteiger partial charge in [0.25, 0.3) is 0 Å². The Kier molecular flexibility index (Phi) is 33.1. The molecule has 1 aliphatic heterocycles. The Balaban J connectivity index is 1.21. The molecule has 3 aromatic carbocycles. The number of hydrogen-bond acceptors (Lipinski definition) is 14. The highest BCUT2D eigenvalue weighted by Crippen LogP contribution is 2.13. The van der Waals surface area contributed by atoms with Crippen molar-refractivity contribution in [1.82, 2.24) is 53.2 Å². The number of nitrogens with two attached hydrogens (primary N) is 2. The van der Waals surface area contributed by atoms with E-state index in [1.54, 1.807) is 0 Å². The second-order valence-electron chi connectivity index (χ2n) is 22.2. The highest BCUT2D eigenvalue weighted by atomic mass is 16.2. The lowest BCUT2D eigenvalue weighted by Crippen LogP contribution is -2.65. The number of carbonyl (C=O) groups is 8. The van der Waals surface area contributed by atoms with Crippen molar-refractivity contribution in [2.45, 2.75) is 164 Å². The SMILES string of the molecule is CC1(NC(=O)CCCC(=O)NC(Cc2ccccc2)C(=O)NC(Cc2ccccc2)C(=O)NCCCCCCCCCCCC(N)C=O)CNCCNCC(CN)(NC(=O)CCCC(=O)NC(C=O)Cc2ccccc2)CNCCNC1. The second-order valence-corrected chi connectivity index (χ2v) is 22.2. The molecule has 0 aromatic heterocycles. The summed E-state index contributed by atoms with van der Waals surface area (Å²) >= 11 is 0. The van der Waals surface area contributed by atoms with Gasteiger partial charge in [-0.25, -0.2) is 0 Å². The molecular formula is C62H96N12O8. The Morgan fingerprint density at radius 1 is 0.500 bits per heavy atom. The van der Waals surface area contributed by atoms with E-state index in [0.29, 0.717) is 71.7 Å². The van der Waals surface area contributed by atoms with Crippen molar-refractivity contribution in [2.75, 3.05) is 65.4 Å². The van der Waals surface area contributed by atoms with Gasteiger partial charge in [-0.05, 0) is 55.7 Å². The van der Waals surface area contributed by atoms with E-state index in [-0.39, 0.29) is 87.1 Å². The van der Waals surface area contributed by atoms with Crippen LogP contribution in [0.15, 0.2) is 91.0 Å². The third-order valence-electron chi connectivity index (χ3n) is 14.6. The topological polar surface area (TPSA) is 309 Å². The van der Waals surface area contributed by atoms with E-state index < -0.39 is 35.1 Å². The van der Waals surface area contributed by atoms with Crippen molar-refractivity contribution in [1.29, 1.82) is 0 Å². The van der Waals surface area contributed by atoms with Crippen molar-refractivity contribution >= 4 is 48.0 Å². The highest BCUT2D eigenvalue weighted by Gasteiger charge is 2.32. The Hall–Kier alpha value is -6.42. The average molecular weight is 1140 g/mol. The summed E-state index contributed by atoms with van der Waals surface area (Å²) in [6.07, 6.45) is 13.4. The summed E-state index contributed by atoms with van der Waals surface area (Å²) in [7, 11) is 0. The van der Waals surface area contributed by atoms with Crippen molar-refractivity contribution in [3.8, 4) is 0 Å². The molecule has 3 aromatic rings. The van der Waals surface area contributed by atoms with Crippen LogP contribution in [0.5, 0.6) is 0 Å². The predicted molar refractivity (Wildman–Crippen MR) is 321 cm³/mol. The minimum Gasteiger partial charge on any atom is -0.354 e. The first-order valence-electron chi connectivity index (χ1n) is 29.8. The maximum absolute atomic E-state index is 14.2. The molecule has 1 heterocycles. The molecule has 0 spiro atoms. The van der Waals surface area contributed by atoms with Crippen LogP contribution in [0.1, 0.15) is 126 Å². The van der Waals surface area contributed by atoms with Crippen LogP contribution in [-0.4, -0.2) is 149 Å². The van der Waals surface area contributed by atoms with Gasteiger partial charge in [0.05, 0.1) is 23.2 Å². The third kappa shape index (κ3) is 29.0. The Bertz CT molecular complexity index is 2320. The van der Waals surface area contributed by atoms with Crippen molar-refractivity contribution in [3.63, 3.8) is 0 Å². The molecule has 1 fully saturated rings. The first-order chi connectivity index (χ1) is 39.7. The number of amides is 6. The molecule has 4 rings (SSSR count). The monoisotopic (exact) mass is 1140 g/mol. The Labute approximate surface area is 486 Å². The molecule has 0 aliphatic carbocycles. The number of unbranched alkanes of at least 4 members (excludes halogenated alkanes) is 8. The molecule has 6 amide bonds. The Morgan fingerprint density at radius 2 is 0.927 bits per heavy atom. The summed E-state index contributed by atoms with van der Waals surface area (Å²) in [4.78, 5) is 103. The van der Waals surface area contributed by atoms with E-state index in [2.05, 4.69) is 53.2 Å². The van der Waals surface area contributed by atoms with Crippen LogP contribution in [0.3, 0.4) is 0 Å². The van der Waals surface area contributed by atoms with Crippen LogP contribution in [-0.2, 0) is 57.6 Å². The lowest BCUT2D eigenvalue weighted by atomic mass is 9.98. The van der Waals surface area contributed by atoms with E-state index >= 15 is 0 Å². The minimum absolute atomic E-state index is 0.00244. The van der Waals surface area contributed by atoms with Gasteiger partial charge in [-0.3, -0.25) is 28.8 Å². The van der Waals surface area contributed by atoms with E-state index in [0.717, 1.165) is 93.5 Å². The van der Waals surface area contributed by atoms with Crippen LogP contribution in [0, 0.1) is 0 Å². The minimum atomic E-state index is -0.981. The van der Waals surface area contributed by atoms with Crippen LogP contribution in [0.2, 0.25) is 0 Å². The largest absolute Gasteiger partial charge is 0.354 e. The zero-order valence-corrected chi connectivity index (χ0v) is 48.6. The molecule has 20 nitrogen and oxygen atoms in total. The molecule has 4 atom stereocenters. The van der Waals surface area contributed by atoms with Crippen LogP contribution >= 0.6 is 0 Å². The van der Waals surface area contributed by atoms with E-state index in [1.165, 1.54) is 0 Å². The maximum atomic E-state index is 14.2. The van der Waals surface area contributed by atoms with Crippen LogP contribution < -0.4 is 64.6 Å². The molecule has 4 unspecified atom stereocenters. The summed E-state index contributed by atoms with van der Waals surface area (Å²) in [6.45, 7) is 6.44. The molecule has 1 saturated heterocycles. The van der Waals surface area contributed by atoms with Gasteiger partial charge < -0.3 is 74.2 Å². The highest BCUT2D eigenvalue weighted by molar-refractivity contribution is 5.92. The summed E-state index contributed by atoms with van der Waals surface area (Å²) in [5, 5.41) is 31.6. The summed E-state index contributed by atoms with van der Waals surface area (Å²) in [6, 6.07) is 25.4. The van der Waals surface area contributed by atoms with Crippen LogP contribution in [0.25, 0.3) is 0 Å². The predicted octanol–water partition coefficient (Wildman–Crippen LogP) is 2.31. The lowest BCUT2D eigenvalue weighted by molar-refractivity contribution is -0.132. The van der Waals surface area contributed by atoms with Crippen molar-refractivity contribution in [2.24, 2.45) is 11.5 Å². The number of hydrogen-bond donors (Lipinski definition) is 12. The normalized spacial score (nSPS) is 18.4. The molecule has 1 aliphatic rings. The molecule has 14 N–H and O–H groups in total. The number of nitrogens with one attached hydrogen (secondary N) is 10. The fourth-order valence-electron chi connectivity index (χ4n) is 9.89. The van der Waals surface area contributed by atoms with Crippen molar-refractivity contribution in [3.05, 3.63) is 108 Å². The number of carbonyl (C=O) groups excluding carboxylic acids is 8. The maximum Gasteiger partial charge on any atom is 0.243 e. The molecule has 0 saturated carbocycles. The number of rotatable bonds is 36. The molecule has 0 radical (unpaired) electrons. The van der Waals surface area contributed by atoms with E-state index in [1.807, 2.05) is 97.9 Å². The van der Waals surface area contributed by atoms with Crippen LogP contribution in [0.4, 0.5) is 0 Å². The van der Waals surface area contributed by atoms with E-state index in [9.17, 15) is 38.4 Å². The van der Waals surface area contributed by atoms with Gasteiger partial charge in [0, 0.05) is 104 Å². The molecule has 452 valence electrons. The zero-order valence-electron chi connectivity index (χ0n) is 48.6. The van der Waals surface area contributed by atoms with Gasteiger partial charge in [-0.15, -0.1) is 0 Å². The van der Waals surface area contributed by atoms with Gasteiger partial charge in [0.15, 0.2) is 0 Å². The zero-order chi connectivity index (χ0) is 59.1. The van der Waals surface area contributed by atoms with Crippen molar-refractivity contribution < 1.29 is 38.4 Å². The third-order valence-corrected chi connectivity index (χ3v) is 14.6. The fraction of sp³-hybridized carbons (Fsp3) is 0.581. The van der Waals surface area contributed by atoms with Gasteiger partial charge in [0.1, 0.15) is 24.7 Å². The number of aldehydes is 2. The average Bonchev–Trinajstić information content (AvgIpc) is 3.56. The first kappa shape index (κ1) is 68.1. The number of benzene rings is 3. The standard InChI is InChI=1S/C62H96N12O8/c1-61(44-65-34-36-67-46-62(43-63,47-68-37-35-66-45-61)74-58(80)32-20-29-55(77)70-52(42-76)38-48-22-12-9-13-23-48)73-57(79)31-21-30-56(78)71-54(40-50-26-16-11-17-27-50)60(82)72-53(39-49-24-14-10-15-25-49)59(81)69-33-19-8-6-4-2-3-5-7-18-28-51(64)41-75/h9-17,22-27,41-42,51-54,65-68H,2-8,18-21,28-40,43-47,63-64H2,1H3,(H,69,81)(H,70,77)(H,71,78)(H,72,82)(H,73,79)(H,74,80). The Morgan fingerprint density at radius 3 is 1.41 bits per heavy atom. The molecule has 20 heteroatoms. The summed E-state index contributed by atoms with van der Waals surface area (Å²) in [5.74, 6) is -1.90. The summed E-state index contributed by atoms with van der Waals surface area (Å²) in [5.41, 5.74) is 13.2. The summed E-state index contributed by atoms with van der Waals surface area (Å²) < 4.78 is 0. The first-order valence-corrected chi connectivity index (χ1v) is 29.8. The van der Waals surface area contributed by atoms with Gasteiger partial charge in [-0.2, -0.15) is 0 Å². The quantitative estimate of drug-likeness (QED) is 0.0294. The molecule has 0 bridgehead atoms. The fourth-order valence-corrected chi connectivity index (χ4v) is 9.89. The van der Waals surface area contributed by atoms with Gasteiger partial charge in [-0.1, -0.05) is 142 Å². The second kappa shape index (κ2) is 39.9. The smallest absolute Gasteiger partial charge is 0.243 e. The van der Waals surface area contributed by atoms with Gasteiger partial charge in [0.2, 0.25) is 35.4 Å². The molecular weight excluding hydrogens is 1040 g/mol. The van der Waals surface area contributed by atoms with Gasteiger partial charge >= 0.3 is 0 Å². The van der Waals surface area contributed by atoms with E-state index in [4.69, 9.17) is 11.5 Å².